The summed E-state index contributed by atoms with van der Waals surface area (Å²) in [4.78, 5) is 34.3. The Morgan fingerprint density at radius 1 is 0.673 bits per heavy atom. The van der Waals surface area contributed by atoms with E-state index in [9.17, 15) is 44.4 Å². The third kappa shape index (κ3) is 16.6. The highest BCUT2D eigenvalue weighted by Gasteiger charge is 2.35. The van der Waals surface area contributed by atoms with Gasteiger partial charge >= 0.3 is 26.4 Å². The minimum absolute atomic E-state index is 0.00953. The molecule has 0 amide bonds. The van der Waals surface area contributed by atoms with Gasteiger partial charge < -0.3 is 17.8 Å². The van der Waals surface area contributed by atoms with E-state index >= 15 is 0 Å². The van der Waals surface area contributed by atoms with Crippen LogP contribution < -0.4 is 17.8 Å². The molecular formula is C35H31Br3ClF3O11S2. The number of benzene rings is 4. The third-order valence-corrected chi connectivity index (χ3v) is 9.23. The number of alkyl halides is 6. The average molecular weight is 1020 g/mol. The van der Waals surface area contributed by atoms with Gasteiger partial charge in [-0.15, -0.1) is 0 Å². The van der Waals surface area contributed by atoms with Crippen molar-refractivity contribution in [2.75, 3.05) is 35.6 Å². The van der Waals surface area contributed by atoms with Crippen LogP contribution in [0.4, 0.5) is 13.2 Å². The topological polar surface area (TPSA) is 156 Å². The van der Waals surface area contributed by atoms with Gasteiger partial charge in [0.2, 0.25) is 0 Å². The first-order chi connectivity index (χ1) is 25.6. The van der Waals surface area contributed by atoms with Crippen molar-refractivity contribution in [3.05, 3.63) is 118 Å². The second kappa shape index (κ2) is 21.7. The zero-order valence-electron chi connectivity index (χ0n) is 28.9. The molecule has 0 N–H and O–H groups in total. The summed E-state index contributed by atoms with van der Waals surface area (Å²) in [5.41, 5.74) is 0.284. The van der Waals surface area contributed by atoms with Gasteiger partial charge in [0, 0.05) is 16.7 Å². The van der Waals surface area contributed by atoms with E-state index in [4.69, 9.17) is 21.1 Å². The summed E-state index contributed by atoms with van der Waals surface area (Å²) >= 11 is 14.7. The Balaban J connectivity index is 0.000000287. The second-order valence-corrected chi connectivity index (χ2v) is 16.0. The first-order valence-electron chi connectivity index (χ1n) is 15.0. The van der Waals surface area contributed by atoms with Gasteiger partial charge in [-0.05, 0) is 60.2 Å². The van der Waals surface area contributed by atoms with E-state index in [0.29, 0.717) is 46.9 Å². The molecule has 0 aromatic heterocycles. The number of Topliss-reactive ketones (excluding diaryl/α,β-unsaturated/α-hetero) is 3. The maximum atomic E-state index is 12.8. The summed E-state index contributed by atoms with van der Waals surface area (Å²) in [6.07, 6.45) is -3.16. The van der Waals surface area contributed by atoms with E-state index in [1.54, 1.807) is 25.3 Å². The van der Waals surface area contributed by atoms with E-state index < -0.39 is 49.1 Å². The maximum Gasteiger partial charge on any atom is 0.417 e. The fraction of sp³-hybridized carbons (Fsp3) is 0.229. The number of hydrogen-bond acceptors (Lipinski definition) is 11. The lowest BCUT2D eigenvalue weighted by molar-refractivity contribution is -0.138. The van der Waals surface area contributed by atoms with Crippen LogP contribution in [0.3, 0.4) is 0 Å². The molecule has 4 aromatic rings. The Kier molecular flexibility index (Phi) is 18.8. The molecule has 4 aromatic carbocycles. The van der Waals surface area contributed by atoms with E-state index in [1.165, 1.54) is 18.2 Å². The normalized spacial score (nSPS) is 11.2. The van der Waals surface area contributed by atoms with Gasteiger partial charge in [-0.3, -0.25) is 14.4 Å². The Morgan fingerprint density at radius 3 is 1.67 bits per heavy atom. The molecule has 0 bridgehead atoms. The van der Waals surface area contributed by atoms with Crippen LogP contribution in [0.25, 0.3) is 0 Å². The highest BCUT2D eigenvalue weighted by atomic mass is 79.9. The SMILES string of the molecule is COc1cc(C(=O)CBr)ccc1OCc1ccccc1.CS(=O)(=O)Oc1ccc(C(=O)CBr)c(C(F)(F)F)c1.CS(=O)(=O)Oc1ccc(C(=O)CBr)cc1Cl. The molecule has 0 spiro atoms. The molecule has 0 aliphatic carbocycles. The molecule has 0 atom stereocenters. The van der Waals surface area contributed by atoms with Crippen molar-refractivity contribution in [1.82, 2.24) is 0 Å². The van der Waals surface area contributed by atoms with Gasteiger partial charge in [0.1, 0.15) is 12.4 Å². The van der Waals surface area contributed by atoms with Crippen LogP contribution in [0.15, 0.2) is 84.9 Å². The molecule has 0 heterocycles. The summed E-state index contributed by atoms with van der Waals surface area (Å²) in [5.74, 6) is -0.199. The van der Waals surface area contributed by atoms with Crippen molar-refractivity contribution in [3.8, 4) is 23.0 Å². The van der Waals surface area contributed by atoms with Gasteiger partial charge in [0.05, 0.1) is 46.2 Å². The van der Waals surface area contributed by atoms with E-state index in [1.807, 2.05) is 30.3 Å². The van der Waals surface area contributed by atoms with Gasteiger partial charge in [0.25, 0.3) is 0 Å². The molecule has 0 fully saturated rings. The summed E-state index contributed by atoms with van der Waals surface area (Å²) in [6, 6.07) is 21.6. The number of ether oxygens (including phenoxy) is 2. The molecule has 0 radical (unpaired) electrons. The third-order valence-electron chi connectivity index (χ3n) is 6.43. The quantitative estimate of drug-likeness (QED) is 0.0676. The lowest BCUT2D eigenvalue weighted by atomic mass is 10.0. The van der Waals surface area contributed by atoms with Crippen LogP contribution in [0.5, 0.6) is 23.0 Å². The number of hydrogen-bond donors (Lipinski definition) is 0. The molecule has 0 aliphatic heterocycles. The summed E-state index contributed by atoms with van der Waals surface area (Å²) in [7, 11) is -5.99. The predicted octanol–water partition coefficient (Wildman–Crippen LogP) is 8.73. The van der Waals surface area contributed by atoms with Crippen LogP contribution in [0.1, 0.15) is 42.2 Å². The van der Waals surface area contributed by atoms with Crippen molar-refractivity contribution in [1.29, 1.82) is 0 Å². The standard InChI is InChI=1S/C16H15BrO3.C10H8BrF3O4S.C9H8BrClO4S/c1-19-16-9-13(14(18)10-17)7-8-15(16)20-11-12-5-3-2-4-6-12;1-19(16,17)18-6-2-3-7(9(15)5-11)8(4-6)10(12,13)14;1-16(13,14)15-9-3-2-6(4-7(9)11)8(12)5-10/h2-9H,10-11H2,1H3;2-4H,5H2,1H3;2-4H,5H2,1H3. The second-order valence-electron chi connectivity index (χ2n) is 10.7. The van der Waals surface area contributed by atoms with Gasteiger partial charge in [0.15, 0.2) is 34.6 Å². The van der Waals surface area contributed by atoms with Gasteiger partial charge in [-0.2, -0.15) is 30.0 Å². The van der Waals surface area contributed by atoms with Gasteiger partial charge in [-0.1, -0.05) is 89.7 Å². The number of carbonyl (C=O) groups is 3. The van der Waals surface area contributed by atoms with Crippen LogP contribution in [-0.4, -0.2) is 69.8 Å². The Bertz CT molecular complexity index is 2190. The van der Waals surface area contributed by atoms with Crippen LogP contribution in [-0.2, 0) is 33.0 Å². The predicted molar refractivity (Wildman–Crippen MR) is 212 cm³/mol. The number of carbonyl (C=O) groups excluding carboxylic acids is 3. The van der Waals surface area contributed by atoms with E-state index in [0.717, 1.165) is 24.0 Å². The Labute approximate surface area is 346 Å². The fourth-order valence-corrected chi connectivity index (χ4v) is 6.19. The zero-order chi connectivity index (χ0) is 41.6. The van der Waals surface area contributed by atoms with Crippen molar-refractivity contribution in [2.45, 2.75) is 12.8 Å². The Morgan fingerprint density at radius 2 is 1.20 bits per heavy atom. The van der Waals surface area contributed by atoms with Crippen molar-refractivity contribution >= 4 is 97.0 Å². The minimum atomic E-state index is -4.79. The highest BCUT2D eigenvalue weighted by Crippen LogP contribution is 2.35. The van der Waals surface area contributed by atoms with Crippen molar-refractivity contribution < 1.29 is 62.2 Å². The van der Waals surface area contributed by atoms with Crippen LogP contribution in [0, 0.1) is 0 Å². The molecule has 0 aliphatic rings. The van der Waals surface area contributed by atoms with Crippen LogP contribution in [0.2, 0.25) is 5.02 Å². The number of halogens is 7. The average Bonchev–Trinajstić information content (AvgIpc) is 3.13. The Hall–Kier alpha value is -3.49. The first-order valence-corrected chi connectivity index (χ1v) is 22.4. The first kappa shape index (κ1) is 47.7. The van der Waals surface area contributed by atoms with Crippen molar-refractivity contribution in [3.63, 3.8) is 0 Å². The molecule has 4 rings (SSSR count). The molecule has 11 nitrogen and oxygen atoms in total. The lowest BCUT2D eigenvalue weighted by Crippen LogP contribution is -2.15. The molecule has 0 unspecified atom stereocenters. The maximum absolute atomic E-state index is 12.8. The molecule has 0 saturated carbocycles. The molecular weight excluding hydrogens is 993 g/mol. The lowest BCUT2D eigenvalue weighted by Gasteiger charge is -2.13. The van der Waals surface area contributed by atoms with Crippen molar-refractivity contribution in [2.24, 2.45) is 0 Å². The monoisotopic (exact) mass is 1020 g/mol. The minimum Gasteiger partial charge on any atom is -0.493 e. The highest BCUT2D eigenvalue weighted by molar-refractivity contribution is 9.09. The van der Waals surface area contributed by atoms with Gasteiger partial charge in [-0.25, -0.2) is 0 Å². The van der Waals surface area contributed by atoms with E-state index in [-0.39, 0.29) is 33.0 Å². The summed E-state index contributed by atoms with van der Waals surface area (Å²) in [5, 5.41) is 0.274. The fourth-order valence-electron chi connectivity index (χ4n) is 4.05. The smallest absolute Gasteiger partial charge is 0.417 e. The number of rotatable bonds is 14. The molecule has 55 heavy (non-hydrogen) atoms. The molecule has 0 saturated heterocycles. The molecule has 298 valence electrons. The molecule has 20 heteroatoms. The van der Waals surface area contributed by atoms with Crippen LogP contribution >= 0.6 is 59.4 Å². The summed E-state index contributed by atoms with van der Waals surface area (Å²) in [6.45, 7) is 0.461. The van der Waals surface area contributed by atoms with E-state index in [2.05, 4.69) is 56.2 Å². The number of ketones is 3. The largest absolute Gasteiger partial charge is 0.493 e. The zero-order valence-corrected chi connectivity index (χ0v) is 36.0. The summed E-state index contributed by atoms with van der Waals surface area (Å²) < 4.78 is 102. The number of methoxy groups -OCH3 is 1.